The first kappa shape index (κ1) is 17.3. The van der Waals surface area contributed by atoms with Crippen molar-refractivity contribution >= 4 is 5.97 Å². The molecule has 0 aliphatic rings. The van der Waals surface area contributed by atoms with Crippen molar-refractivity contribution in [2.75, 3.05) is 13.2 Å². The average molecular weight is 298 g/mol. The summed E-state index contributed by atoms with van der Waals surface area (Å²) in [6.45, 7) is 9.69. The van der Waals surface area contributed by atoms with Gasteiger partial charge in [-0.05, 0) is 34.1 Å². The minimum atomic E-state index is -0.638. The molecule has 4 nitrogen and oxygen atoms in total. The molecule has 0 radical (unpaired) electrons. The molecule has 21 heavy (non-hydrogen) atoms. The summed E-state index contributed by atoms with van der Waals surface area (Å²) in [5.41, 5.74) is -0.638. The summed E-state index contributed by atoms with van der Waals surface area (Å²) >= 11 is 0. The SMILES string of the molecule is CCOc1cc(F)cc(OCC)c1OC(=O)C(C)(C)CC. The number of carbonyl (C=O) groups excluding carboxylic acids is 1. The second-order valence-electron chi connectivity index (χ2n) is 5.22. The van der Waals surface area contributed by atoms with Gasteiger partial charge in [-0.1, -0.05) is 6.92 Å². The van der Waals surface area contributed by atoms with Gasteiger partial charge in [0.25, 0.3) is 0 Å². The van der Waals surface area contributed by atoms with Crippen molar-refractivity contribution in [1.29, 1.82) is 0 Å². The molecule has 0 atom stereocenters. The lowest BCUT2D eigenvalue weighted by atomic mass is 9.91. The van der Waals surface area contributed by atoms with Crippen molar-refractivity contribution in [3.63, 3.8) is 0 Å². The second kappa shape index (κ2) is 7.29. The van der Waals surface area contributed by atoms with Crippen LogP contribution in [0, 0.1) is 11.2 Å². The van der Waals surface area contributed by atoms with Gasteiger partial charge >= 0.3 is 5.97 Å². The molecule has 0 aliphatic heterocycles. The van der Waals surface area contributed by atoms with Crippen LogP contribution in [0.4, 0.5) is 4.39 Å². The molecule has 0 aliphatic carbocycles. The van der Waals surface area contributed by atoms with Crippen molar-refractivity contribution in [3.05, 3.63) is 17.9 Å². The molecule has 0 unspecified atom stereocenters. The summed E-state index contributed by atoms with van der Waals surface area (Å²) in [7, 11) is 0. The maximum atomic E-state index is 13.6. The van der Waals surface area contributed by atoms with Gasteiger partial charge in [0, 0.05) is 12.1 Å². The summed E-state index contributed by atoms with van der Waals surface area (Å²) in [4.78, 5) is 12.2. The number of hydrogen-bond donors (Lipinski definition) is 0. The normalized spacial score (nSPS) is 11.1. The number of carbonyl (C=O) groups is 1. The first-order valence-corrected chi connectivity index (χ1v) is 7.17. The number of hydrogen-bond acceptors (Lipinski definition) is 4. The molecule has 5 heteroatoms. The molecule has 118 valence electrons. The topological polar surface area (TPSA) is 44.8 Å². The van der Waals surface area contributed by atoms with Gasteiger partial charge in [-0.3, -0.25) is 4.79 Å². The Labute approximate surface area is 125 Å². The molecule has 0 bridgehead atoms. The third-order valence-electron chi connectivity index (χ3n) is 3.22. The fourth-order valence-corrected chi connectivity index (χ4v) is 1.55. The largest absolute Gasteiger partial charge is 0.490 e. The minimum Gasteiger partial charge on any atom is -0.490 e. The van der Waals surface area contributed by atoms with E-state index in [1.807, 2.05) is 6.92 Å². The summed E-state index contributed by atoms with van der Waals surface area (Å²) in [6, 6.07) is 2.38. The zero-order chi connectivity index (χ0) is 16.0. The van der Waals surface area contributed by atoms with E-state index < -0.39 is 17.2 Å². The van der Waals surface area contributed by atoms with E-state index >= 15 is 0 Å². The van der Waals surface area contributed by atoms with Crippen LogP contribution in [0.15, 0.2) is 12.1 Å². The lowest BCUT2D eigenvalue weighted by Gasteiger charge is -2.22. The molecule has 0 aromatic heterocycles. The highest BCUT2D eigenvalue weighted by molar-refractivity contribution is 5.79. The van der Waals surface area contributed by atoms with E-state index in [1.54, 1.807) is 27.7 Å². The Kier molecular flexibility index (Phi) is 6.00. The highest BCUT2D eigenvalue weighted by atomic mass is 19.1. The van der Waals surface area contributed by atoms with Gasteiger partial charge in [-0.15, -0.1) is 0 Å². The van der Waals surface area contributed by atoms with Gasteiger partial charge in [0.1, 0.15) is 5.82 Å². The number of halogens is 1. The Bertz CT molecular complexity index is 470. The Morgan fingerprint density at radius 1 is 1.10 bits per heavy atom. The Balaban J connectivity index is 3.21. The molecule has 0 heterocycles. The number of ether oxygens (including phenoxy) is 3. The summed E-state index contributed by atoms with van der Waals surface area (Å²) in [5, 5.41) is 0. The molecule has 1 aromatic rings. The Morgan fingerprint density at radius 2 is 1.57 bits per heavy atom. The molecule has 1 aromatic carbocycles. The molecule has 0 saturated carbocycles. The molecule has 0 N–H and O–H groups in total. The maximum Gasteiger partial charge on any atom is 0.317 e. The van der Waals surface area contributed by atoms with Crippen molar-refractivity contribution in [2.24, 2.45) is 5.41 Å². The van der Waals surface area contributed by atoms with E-state index in [9.17, 15) is 9.18 Å². The van der Waals surface area contributed by atoms with Crippen LogP contribution in [0.25, 0.3) is 0 Å². The van der Waals surface area contributed by atoms with Crippen LogP contribution < -0.4 is 14.2 Å². The second-order valence-corrected chi connectivity index (χ2v) is 5.22. The smallest absolute Gasteiger partial charge is 0.317 e. The summed E-state index contributed by atoms with van der Waals surface area (Å²) in [6.07, 6.45) is 0.626. The van der Waals surface area contributed by atoms with Crippen molar-refractivity contribution in [3.8, 4) is 17.2 Å². The van der Waals surface area contributed by atoms with Gasteiger partial charge in [0.15, 0.2) is 11.5 Å². The Morgan fingerprint density at radius 3 is 1.95 bits per heavy atom. The zero-order valence-electron chi connectivity index (χ0n) is 13.3. The summed E-state index contributed by atoms with van der Waals surface area (Å²) in [5.74, 6) is -0.441. The number of rotatable bonds is 7. The number of esters is 1. The monoisotopic (exact) mass is 298 g/mol. The van der Waals surface area contributed by atoms with Crippen LogP contribution >= 0.6 is 0 Å². The standard InChI is InChI=1S/C16H23FO4/c1-6-16(4,5)15(18)21-14-12(19-7-2)9-11(17)10-13(14)20-8-3/h9-10H,6-8H2,1-5H3. The lowest BCUT2D eigenvalue weighted by molar-refractivity contribution is -0.144. The first-order valence-electron chi connectivity index (χ1n) is 7.17. The molecule has 1 rings (SSSR count). The van der Waals surface area contributed by atoms with E-state index in [0.717, 1.165) is 0 Å². The van der Waals surface area contributed by atoms with E-state index in [2.05, 4.69) is 0 Å². The third-order valence-corrected chi connectivity index (χ3v) is 3.22. The molecule has 0 amide bonds. The third kappa shape index (κ3) is 4.34. The highest BCUT2D eigenvalue weighted by Crippen LogP contribution is 2.40. The lowest BCUT2D eigenvalue weighted by Crippen LogP contribution is -2.28. The predicted molar refractivity (Wildman–Crippen MR) is 78.4 cm³/mol. The molecule has 0 saturated heterocycles. The molecule has 0 spiro atoms. The maximum absolute atomic E-state index is 13.6. The molecular formula is C16H23FO4. The van der Waals surface area contributed by atoms with Crippen LogP contribution in [0.5, 0.6) is 17.2 Å². The van der Waals surface area contributed by atoms with Gasteiger partial charge in [-0.2, -0.15) is 0 Å². The number of benzene rings is 1. The van der Waals surface area contributed by atoms with Crippen LogP contribution in [0.2, 0.25) is 0 Å². The van der Waals surface area contributed by atoms with Gasteiger partial charge in [0.05, 0.1) is 18.6 Å². The fourth-order valence-electron chi connectivity index (χ4n) is 1.55. The fraction of sp³-hybridized carbons (Fsp3) is 0.562. The van der Waals surface area contributed by atoms with E-state index in [0.29, 0.717) is 19.6 Å². The van der Waals surface area contributed by atoms with Gasteiger partial charge in [0.2, 0.25) is 5.75 Å². The molecular weight excluding hydrogens is 275 g/mol. The van der Waals surface area contributed by atoms with Crippen molar-refractivity contribution in [2.45, 2.75) is 41.0 Å². The Hall–Kier alpha value is -1.78. The van der Waals surface area contributed by atoms with Gasteiger partial charge in [-0.25, -0.2) is 4.39 Å². The van der Waals surface area contributed by atoms with Crippen LogP contribution in [-0.2, 0) is 4.79 Å². The zero-order valence-corrected chi connectivity index (χ0v) is 13.3. The summed E-state index contributed by atoms with van der Waals surface area (Å²) < 4.78 is 29.7. The van der Waals surface area contributed by atoms with Crippen LogP contribution in [0.3, 0.4) is 0 Å². The van der Waals surface area contributed by atoms with Crippen LogP contribution in [-0.4, -0.2) is 19.2 Å². The molecule has 0 fully saturated rings. The van der Waals surface area contributed by atoms with Crippen LogP contribution in [0.1, 0.15) is 41.0 Å². The van der Waals surface area contributed by atoms with Crippen molar-refractivity contribution < 1.29 is 23.4 Å². The minimum absolute atomic E-state index is 0.131. The average Bonchev–Trinajstić information content (AvgIpc) is 2.42. The van der Waals surface area contributed by atoms with E-state index in [4.69, 9.17) is 14.2 Å². The predicted octanol–water partition coefficient (Wildman–Crippen LogP) is 3.96. The van der Waals surface area contributed by atoms with Gasteiger partial charge < -0.3 is 14.2 Å². The van der Waals surface area contributed by atoms with E-state index in [1.165, 1.54) is 12.1 Å². The quantitative estimate of drug-likeness (QED) is 0.564. The van der Waals surface area contributed by atoms with Crippen molar-refractivity contribution in [1.82, 2.24) is 0 Å². The van der Waals surface area contributed by atoms with E-state index in [-0.39, 0.29) is 17.2 Å². The highest BCUT2D eigenvalue weighted by Gasteiger charge is 2.30. The first-order chi connectivity index (χ1) is 9.85.